The fourth-order valence-corrected chi connectivity index (χ4v) is 3.25. The van der Waals surface area contributed by atoms with Gasteiger partial charge in [0.05, 0.1) is 7.11 Å². The summed E-state index contributed by atoms with van der Waals surface area (Å²) in [6.07, 6.45) is 0.943. The zero-order chi connectivity index (χ0) is 14.8. The van der Waals surface area contributed by atoms with Gasteiger partial charge in [0, 0.05) is 23.7 Å². The van der Waals surface area contributed by atoms with Crippen LogP contribution in [0.5, 0.6) is 5.75 Å². The summed E-state index contributed by atoms with van der Waals surface area (Å²) < 4.78 is 5.46. The van der Waals surface area contributed by atoms with Crippen molar-refractivity contribution in [3.05, 3.63) is 65.2 Å². The predicted molar refractivity (Wildman–Crippen MR) is 85.3 cm³/mol. The van der Waals surface area contributed by atoms with Crippen LogP contribution < -0.4 is 15.8 Å². The number of nitrogens with one attached hydrogen (secondary N) is 1. The second-order valence-corrected chi connectivity index (χ2v) is 5.65. The number of fused-ring (bicyclic) bond motifs is 1. The van der Waals surface area contributed by atoms with Crippen molar-refractivity contribution < 1.29 is 4.74 Å². The lowest BCUT2D eigenvalue weighted by atomic mass is 10.0. The number of ether oxygens (including phenoxy) is 1. The Morgan fingerprint density at radius 3 is 2.52 bits per heavy atom. The summed E-state index contributed by atoms with van der Waals surface area (Å²) in [5, 5.41) is 3.70. The molecule has 0 fully saturated rings. The molecule has 0 amide bonds. The van der Waals surface area contributed by atoms with Crippen LogP contribution in [0.4, 0.5) is 0 Å². The van der Waals surface area contributed by atoms with Crippen LogP contribution in [-0.4, -0.2) is 7.11 Å². The van der Waals surface area contributed by atoms with E-state index in [1.54, 1.807) is 7.11 Å². The first-order chi connectivity index (χ1) is 10.2. The van der Waals surface area contributed by atoms with Crippen molar-refractivity contribution in [2.75, 3.05) is 7.11 Å². The van der Waals surface area contributed by atoms with Crippen LogP contribution in [0.1, 0.15) is 48.2 Å². The summed E-state index contributed by atoms with van der Waals surface area (Å²) in [6.45, 7) is 2.17. The third-order valence-corrected chi connectivity index (χ3v) is 4.32. The number of methoxy groups -OCH3 is 1. The van der Waals surface area contributed by atoms with Crippen LogP contribution in [0.25, 0.3) is 0 Å². The normalized spacial score (nSPS) is 21.9. The monoisotopic (exact) mass is 282 g/mol. The quantitative estimate of drug-likeness (QED) is 0.902. The molecular weight excluding hydrogens is 260 g/mol. The lowest BCUT2D eigenvalue weighted by Gasteiger charge is -2.22. The van der Waals surface area contributed by atoms with E-state index in [1.165, 1.54) is 16.7 Å². The molecule has 3 atom stereocenters. The van der Waals surface area contributed by atoms with Gasteiger partial charge in [-0.2, -0.15) is 0 Å². The van der Waals surface area contributed by atoms with Crippen LogP contribution >= 0.6 is 0 Å². The average Bonchev–Trinajstić information content (AvgIpc) is 2.84. The van der Waals surface area contributed by atoms with Gasteiger partial charge in [-0.05, 0) is 30.5 Å². The van der Waals surface area contributed by atoms with E-state index in [-0.39, 0.29) is 12.1 Å². The highest BCUT2D eigenvalue weighted by molar-refractivity contribution is 5.39. The zero-order valence-electron chi connectivity index (χ0n) is 12.5. The van der Waals surface area contributed by atoms with Gasteiger partial charge >= 0.3 is 0 Å². The van der Waals surface area contributed by atoms with Crippen molar-refractivity contribution in [1.82, 2.24) is 5.32 Å². The molecule has 3 rings (SSSR count). The largest absolute Gasteiger partial charge is 0.496 e. The topological polar surface area (TPSA) is 47.3 Å². The predicted octanol–water partition coefficient (Wildman–Crippen LogP) is 3.49. The van der Waals surface area contributed by atoms with Gasteiger partial charge in [-0.3, -0.25) is 0 Å². The second-order valence-electron chi connectivity index (χ2n) is 5.65. The Morgan fingerprint density at radius 2 is 1.76 bits per heavy atom. The molecule has 0 saturated heterocycles. The maximum absolute atomic E-state index is 6.24. The molecule has 3 nitrogen and oxygen atoms in total. The van der Waals surface area contributed by atoms with Crippen LogP contribution in [0.15, 0.2) is 48.5 Å². The van der Waals surface area contributed by atoms with Crippen molar-refractivity contribution in [2.45, 2.75) is 31.5 Å². The molecule has 21 heavy (non-hydrogen) atoms. The minimum atomic E-state index is 0.128. The number of nitrogens with two attached hydrogens (primary N) is 1. The summed E-state index contributed by atoms with van der Waals surface area (Å²) in [5.74, 6) is 0.924. The fourth-order valence-electron chi connectivity index (χ4n) is 3.25. The maximum Gasteiger partial charge on any atom is 0.123 e. The maximum atomic E-state index is 6.24. The van der Waals surface area contributed by atoms with Crippen molar-refractivity contribution in [3.8, 4) is 5.75 Å². The Balaban J connectivity index is 1.81. The lowest BCUT2D eigenvalue weighted by molar-refractivity contribution is 0.390. The van der Waals surface area contributed by atoms with E-state index < -0.39 is 0 Å². The molecular formula is C18H22N2O. The van der Waals surface area contributed by atoms with Crippen LogP contribution in [0.2, 0.25) is 0 Å². The third kappa shape index (κ3) is 2.67. The molecule has 0 spiro atoms. The van der Waals surface area contributed by atoms with Gasteiger partial charge in [0.15, 0.2) is 0 Å². The lowest BCUT2D eigenvalue weighted by Crippen LogP contribution is -2.24. The molecule has 3 N–H and O–H groups in total. The van der Waals surface area contributed by atoms with Gasteiger partial charge in [0.25, 0.3) is 0 Å². The standard InChI is InChI=1S/C18H22N2O/c1-12(13-7-5-6-10-18(13)21-2)20-17-11-16(19)14-8-3-4-9-15(14)17/h3-10,12,16-17,20H,11,19H2,1-2H3/t12-,16?,17?/m0/s1. The number of benzene rings is 2. The summed E-state index contributed by atoms with van der Waals surface area (Å²) >= 11 is 0. The summed E-state index contributed by atoms with van der Waals surface area (Å²) in [6, 6.07) is 17.2. The van der Waals surface area contributed by atoms with Gasteiger partial charge < -0.3 is 15.8 Å². The molecule has 2 aromatic rings. The smallest absolute Gasteiger partial charge is 0.123 e. The number of hydrogen-bond donors (Lipinski definition) is 2. The molecule has 0 aromatic heterocycles. The van der Waals surface area contributed by atoms with E-state index >= 15 is 0 Å². The minimum absolute atomic E-state index is 0.128. The molecule has 0 radical (unpaired) electrons. The Kier molecular flexibility index (Phi) is 3.95. The van der Waals surface area contributed by atoms with Crippen LogP contribution in [0.3, 0.4) is 0 Å². The zero-order valence-corrected chi connectivity index (χ0v) is 12.5. The molecule has 1 aliphatic rings. The van der Waals surface area contributed by atoms with Gasteiger partial charge in [0.2, 0.25) is 0 Å². The molecule has 0 heterocycles. The van der Waals surface area contributed by atoms with Gasteiger partial charge in [0.1, 0.15) is 5.75 Å². The van der Waals surface area contributed by atoms with Gasteiger partial charge in [-0.25, -0.2) is 0 Å². The van der Waals surface area contributed by atoms with E-state index in [0.29, 0.717) is 6.04 Å². The van der Waals surface area contributed by atoms with E-state index in [1.807, 2.05) is 18.2 Å². The molecule has 0 bridgehead atoms. The van der Waals surface area contributed by atoms with Gasteiger partial charge in [-0.15, -0.1) is 0 Å². The van der Waals surface area contributed by atoms with Crippen molar-refractivity contribution in [3.63, 3.8) is 0 Å². The van der Waals surface area contributed by atoms with E-state index in [2.05, 4.69) is 42.6 Å². The SMILES string of the molecule is COc1ccccc1[C@H](C)NC1CC(N)c2ccccc21. The third-order valence-electron chi connectivity index (χ3n) is 4.32. The first-order valence-electron chi connectivity index (χ1n) is 7.44. The molecule has 110 valence electrons. The average molecular weight is 282 g/mol. The van der Waals surface area contributed by atoms with Crippen molar-refractivity contribution in [2.24, 2.45) is 5.73 Å². The highest BCUT2D eigenvalue weighted by Gasteiger charge is 2.29. The minimum Gasteiger partial charge on any atom is -0.496 e. The Morgan fingerprint density at radius 1 is 1.10 bits per heavy atom. The molecule has 2 aromatic carbocycles. The number of hydrogen-bond acceptors (Lipinski definition) is 3. The van der Waals surface area contributed by atoms with E-state index in [4.69, 9.17) is 10.5 Å². The number of rotatable bonds is 4. The Hall–Kier alpha value is -1.84. The Labute approximate surface area is 126 Å². The first-order valence-corrected chi connectivity index (χ1v) is 7.44. The Bertz CT molecular complexity index is 626. The van der Waals surface area contributed by atoms with Crippen LogP contribution in [-0.2, 0) is 0 Å². The van der Waals surface area contributed by atoms with Gasteiger partial charge in [-0.1, -0.05) is 42.5 Å². The highest BCUT2D eigenvalue weighted by Crippen LogP contribution is 2.39. The van der Waals surface area contributed by atoms with E-state index in [0.717, 1.165) is 12.2 Å². The van der Waals surface area contributed by atoms with Crippen LogP contribution in [0, 0.1) is 0 Å². The molecule has 0 saturated carbocycles. The molecule has 0 aliphatic heterocycles. The summed E-state index contributed by atoms with van der Waals surface area (Å²) in [5.41, 5.74) is 10.0. The first kappa shape index (κ1) is 14.1. The summed E-state index contributed by atoms with van der Waals surface area (Å²) in [4.78, 5) is 0. The van der Waals surface area contributed by atoms with Crippen molar-refractivity contribution >= 4 is 0 Å². The van der Waals surface area contributed by atoms with Crippen molar-refractivity contribution in [1.29, 1.82) is 0 Å². The number of para-hydroxylation sites is 1. The highest BCUT2D eigenvalue weighted by atomic mass is 16.5. The van der Waals surface area contributed by atoms with E-state index in [9.17, 15) is 0 Å². The summed E-state index contributed by atoms with van der Waals surface area (Å²) in [7, 11) is 1.71. The molecule has 1 aliphatic carbocycles. The molecule has 2 unspecified atom stereocenters. The molecule has 3 heteroatoms. The fraction of sp³-hybridized carbons (Fsp3) is 0.333. The second kappa shape index (κ2) is 5.88.